The maximum Gasteiger partial charge on any atom is 0.326 e. The van der Waals surface area contributed by atoms with E-state index in [4.69, 9.17) is 11.5 Å². The van der Waals surface area contributed by atoms with Crippen LogP contribution in [-0.4, -0.2) is 247 Å². The van der Waals surface area contributed by atoms with Gasteiger partial charge in [-0.05, 0) is 114 Å². The van der Waals surface area contributed by atoms with Crippen LogP contribution >= 0.6 is 23.5 Å². The first-order chi connectivity index (χ1) is 41.5. The van der Waals surface area contributed by atoms with Crippen LogP contribution < -0.4 is 54.0 Å². The van der Waals surface area contributed by atoms with Gasteiger partial charge >= 0.3 is 5.97 Å². The van der Waals surface area contributed by atoms with Gasteiger partial charge in [0.15, 0.2) is 0 Å². The number of aliphatic hydroxyl groups excluding tert-OH is 3. The summed E-state index contributed by atoms with van der Waals surface area (Å²) in [6.45, 7) is 9.83. The Morgan fingerprint density at radius 2 is 0.966 bits per heavy atom. The van der Waals surface area contributed by atoms with E-state index in [-0.39, 0.29) is 58.2 Å². The van der Waals surface area contributed by atoms with Crippen LogP contribution in [0.1, 0.15) is 126 Å². The highest BCUT2D eigenvalue weighted by molar-refractivity contribution is 7.98. The Morgan fingerprint density at radius 1 is 0.511 bits per heavy atom. The van der Waals surface area contributed by atoms with Crippen molar-refractivity contribution in [3.8, 4) is 0 Å². The number of rotatable bonds is 36. The van der Waals surface area contributed by atoms with Gasteiger partial charge < -0.3 is 89.1 Å². The lowest BCUT2D eigenvalue weighted by atomic mass is 9.96. The molecule has 0 aromatic rings. The van der Waals surface area contributed by atoms with Crippen LogP contribution in [0.5, 0.6) is 0 Å². The van der Waals surface area contributed by atoms with Crippen LogP contribution in [-0.2, 0) is 62.3 Å². The number of hydrogen-bond donors (Lipinski definition) is 14. The molecule has 0 aromatic heterocycles. The van der Waals surface area contributed by atoms with Gasteiger partial charge in [0, 0.05) is 26.1 Å². The van der Waals surface area contributed by atoms with Crippen LogP contribution in [0.4, 0.5) is 0 Å². The maximum atomic E-state index is 14.5. The van der Waals surface area contributed by atoms with Gasteiger partial charge in [-0.2, -0.15) is 23.5 Å². The Kier molecular flexibility index (Phi) is 31.9. The van der Waals surface area contributed by atoms with Gasteiger partial charge in [0.05, 0.1) is 24.9 Å². The van der Waals surface area contributed by atoms with Gasteiger partial charge in [-0.1, -0.05) is 40.5 Å². The first-order valence-electron chi connectivity index (χ1n) is 30.1. The van der Waals surface area contributed by atoms with Crippen molar-refractivity contribution >= 4 is 100 Å². The molecule has 0 spiro atoms. The van der Waals surface area contributed by atoms with Gasteiger partial charge in [-0.15, -0.1) is 0 Å². The van der Waals surface area contributed by atoms with Crippen molar-refractivity contribution in [2.75, 3.05) is 50.3 Å². The van der Waals surface area contributed by atoms with Crippen molar-refractivity contribution in [2.24, 2.45) is 23.3 Å². The number of primary amides is 1. The normalized spacial score (nSPS) is 21.0. The molecule has 498 valence electrons. The first kappa shape index (κ1) is 75.9. The molecule has 0 aromatic carbocycles. The van der Waals surface area contributed by atoms with Crippen molar-refractivity contribution in [3.63, 3.8) is 0 Å². The Morgan fingerprint density at radius 3 is 1.50 bits per heavy atom. The van der Waals surface area contributed by atoms with Gasteiger partial charge in [0.2, 0.25) is 70.9 Å². The number of thioether (sulfide) groups is 2. The van der Waals surface area contributed by atoms with E-state index in [1.165, 1.54) is 52.1 Å². The molecule has 3 aliphatic heterocycles. The summed E-state index contributed by atoms with van der Waals surface area (Å²) < 4.78 is 0. The van der Waals surface area contributed by atoms with Gasteiger partial charge in [0.25, 0.3) is 0 Å². The number of carboxylic acids is 1. The maximum absolute atomic E-state index is 14.5. The number of nitrogens with zero attached hydrogens (tertiary/aromatic N) is 3. The molecular formula is C56H95N13O17S2. The largest absolute Gasteiger partial charge is 0.480 e. The molecule has 0 bridgehead atoms. The number of carbonyl (C=O) groups excluding carboxylic acids is 12. The van der Waals surface area contributed by atoms with E-state index in [0.717, 1.165) is 6.92 Å². The standard InChI is InChI=1S/C56H95N13O17S2/c1-10-28(3)41(63-50(79)38-16-13-23-68(38)55(84)44(32(7)72)66-46(75)33(57)20-25-87-8)51(80)59-30(5)45(74)65-43(31(6)71)52(81)62-36(27-70)48(77)64-42(29(4)11-2)54(83)69-24-14-17-39(69)53(82)67-22-12-15-37(67)49(78)60-34(18-19-40(58)73)47(76)61-35(56(85)86)21-26-88-9/h28-39,41-44,70-72H,10-27,57H2,1-9H3,(H2,58,73)(H,59,80)(H,60,78)(H,61,76)(H,62,81)(H,63,79)(H,64,77)(H,65,74)(H,66,75)(H,85,86)/t28-,29-,30-,31+,32+,33-,34-,35-,36-,37-,38-,39-,41-,42-,43-,44-/m0/s1. The number of likely N-dealkylation sites (tertiary alicyclic amines) is 3. The molecule has 3 heterocycles. The number of nitrogens with two attached hydrogens (primary N) is 2. The number of aliphatic carboxylic acids is 1. The van der Waals surface area contributed by atoms with Crippen LogP contribution in [0.2, 0.25) is 0 Å². The van der Waals surface area contributed by atoms with Crippen molar-refractivity contribution in [1.82, 2.24) is 57.2 Å². The minimum Gasteiger partial charge on any atom is -0.480 e. The van der Waals surface area contributed by atoms with E-state index in [1.54, 1.807) is 34.0 Å². The molecule has 12 amide bonds. The average Bonchev–Trinajstić information content (AvgIpc) is 3.75. The molecule has 30 nitrogen and oxygen atoms in total. The third-order valence-corrected chi connectivity index (χ3v) is 17.5. The lowest BCUT2D eigenvalue weighted by molar-refractivity contribution is -0.149. The summed E-state index contributed by atoms with van der Waals surface area (Å²) >= 11 is 2.84. The summed E-state index contributed by atoms with van der Waals surface area (Å²) in [5, 5.41) is 61.4. The van der Waals surface area contributed by atoms with E-state index in [1.807, 2.05) is 6.26 Å². The van der Waals surface area contributed by atoms with E-state index in [9.17, 15) is 82.8 Å². The van der Waals surface area contributed by atoms with Crippen LogP contribution in [0.25, 0.3) is 0 Å². The van der Waals surface area contributed by atoms with Gasteiger partial charge in [0.1, 0.15) is 66.5 Å². The van der Waals surface area contributed by atoms with Crippen LogP contribution in [0.3, 0.4) is 0 Å². The number of hydrogen-bond acceptors (Lipinski definition) is 19. The number of amides is 12. The van der Waals surface area contributed by atoms with Crippen molar-refractivity contribution < 1.29 is 82.8 Å². The summed E-state index contributed by atoms with van der Waals surface area (Å²) in [4.78, 5) is 180. The van der Waals surface area contributed by atoms with Crippen molar-refractivity contribution in [1.29, 1.82) is 0 Å². The summed E-state index contributed by atoms with van der Waals surface area (Å²) in [6, 6.07) is -15.9. The predicted molar refractivity (Wildman–Crippen MR) is 325 cm³/mol. The average molecular weight is 1290 g/mol. The molecule has 3 aliphatic rings. The third kappa shape index (κ3) is 21.7. The van der Waals surface area contributed by atoms with E-state index in [0.29, 0.717) is 50.0 Å². The fourth-order valence-corrected chi connectivity index (χ4v) is 11.4. The van der Waals surface area contributed by atoms with E-state index in [2.05, 4.69) is 42.5 Å². The minimum absolute atomic E-state index is 0.0762. The molecule has 32 heteroatoms. The van der Waals surface area contributed by atoms with Crippen molar-refractivity contribution in [2.45, 2.75) is 210 Å². The van der Waals surface area contributed by atoms with E-state index >= 15 is 0 Å². The van der Waals surface area contributed by atoms with Crippen molar-refractivity contribution in [3.05, 3.63) is 0 Å². The molecule has 0 aliphatic carbocycles. The SMILES string of the molecule is CC[C@H](C)[C@H](NC(=O)[C@@H]1CCCN1C(=O)[C@@H](NC(=O)[C@@H](N)CCSC)[C@@H](C)O)C(=O)N[C@@H](C)C(=O)N[C@H](C(=O)N[C@@H](CO)C(=O)N[C@H](C(=O)N1CCC[C@H]1C(=O)N1CCC[C@H]1C(=O)N[C@@H](CCC(N)=O)C(=O)N[C@@H](CCSC)C(=O)O)[C@@H](C)CC)[C@@H](C)O. The first-order valence-corrected chi connectivity index (χ1v) is 32.8. The fraction of sp³-hybridized carbons (Fsp3) is 0.768. The minimum atomic E-state index is -1.79. The van der Waals surface area contributed by atoms with Crippen LogP contribution in [0.15, 0.2) is 0 Å². The van der Waals surface area contributed by atoms with Gasteiger partial charge in [-0.3, -0.25) is 57.5 Å². The lowest BCUT2D eigenvalue weighted by Crippen LogP contribution is -2.63. The summed E-state index contributed by atoms with van der Waals surface area (Å²) in [7, 11) is 0. The zero-order chi connectivity index (χ0) is 66.3. The zero-order valence-corrected chi connectivity index (χ0v) is 53.5. The molecule has 3 saturated heterocycles. The quantitative estimate of drug-likeness (QED) is 0.0283. The Balaban J connectivity index is 1.72. The number of aliphatic hydroxyl groups is 3. The molecule has 0 unspecified atom stereocenters. The fourth-order valence-electron chi connectivity index (χ4n) is 10.5. The highest BCUT2D eigenvalue weighted by atomic mass is 32.2. The highest BCUT2D eigenvalue weighted by Gasteiger charge is 2.46. The number of carboxylic acid groups (broad SMARTS) is 1. The molecule has 16 N–H and O–H groups in total. The van der Waals surface area contributed by atoms with E-state index < -0.39 is 180 Å². The molecule has 88 heavy (non-hydrogen) atoms. The molecule has 3 rings (SSSR count). The number of carbonyl (C=O) groups is 13. The smallest absolute Gasteiger partial charge is 0.326 e. The highest BCUT2D eigenvalue weighted by Crippen LogP contribution is 2.28. The molecule has 0 radical (unpaired) electrons. The molecule has 3 fully saturated rings. The van der Waals surface area contributed by atoms with Crippen LogP contribution in [0, 0.1) is 11.8 Å². The molecule has 0 saturated carbocycles. The monoisotopic (exact) mass is 1290 g/mol. The second kappa shape index (κ2) is 37.0. The zero-order valence-electron chi connectivity index (χ0n) is 51.9. The molecule has 16 atom stereocenters. The second-order valence-electron chi connectivity index (χ2n) is 22.9. The Bertz CT molecular complexity index is 2460. The summed E-state index contributed by atoms with van der Waals surface area (Å²) in [6.07, 6.45) is 2.78. The summed E-state index contributed by atoms with van der Waals surface area (Å²) in [5.74, 6) is -11.2. The molecular weight excluding hydrogens is 1190 g/mol. The predicted octanol–water partition coefficient (Wildman–Crippen LogP) is -4.11. The number of nitrogens with one attached hydrogen (secondary N) is 8. The summed E-state index contributed by atoms with van der Waals surface area (Å²) in [5.41, 5.74) is 11.3. The Hall–Kier alpha value is -6.35. The van der Waals surface area contributed by atoms with Gasteiger partial charge in [-0.25, -0.2) is 4.79 Å². The topological polar surface area (TPSA) is 461 Å². The Labute approximate surface area is 522 Å². The second-order valence-corrected chi connectivity index (χ2v) is 24.8. The lowest BCUT2D eigenvalue weighted by Gasteiger charge is -2.35. The third-order valence-electron chi connectivity index (χ3n) is 16.3.